The van der Waals surface area contributed by atoms with Crippen LogP contribution in [0.3, 0.4) is 0 Å². The van der Waals surface area contributed by atoms with Crippen molar-refractivity contribution >= 4 is 0 Å². The summed E-state index contributed by atoms with van der Waals surface area (Å²) in [5.41, 5.74) is 2.38. The Hall–Kier alpha value is -0.930. The molecule has 1 unspecified atom stereocenters. The van der Waals surface area contributed by atoms with Crippen LogP contribution in [0.25, 0.3) is 0 Å². The lowest BCUT2D eigenvalue weighted by Gasteiger charge is -2.44. The van der Waals surface area contributed by atoms with Crippen molar-refractivity contribution < 1.29 is 4.74 Å². The fourth-order valence-electron chi connectivity index (χ4n) is 3.41. The first kappa shape index (κ1) is 15.5. The van der Waals surface area contributed by atoms with Gasteiger partial charge in [0, 0.05) is 19.5 Å². The van der Waals surface area contributed by atoms with Crippen molar-refractivity contribution in [2.75, 3.05) is 13.7 Å². The zero-order chi connectivity index (χ0) is 14.6. The number of ether oxygens (including phenoxy) is 1. The Morgan fingerprint density at radius 1 is 1.40 bits per heavy atom. The number of hydrogen-bond acceptors (Lipinski definition) is 3. The Bertz CT molecular complexity index is 425. The van der Waals surface area contributed by atoms with E-state index in [-0.39, 0.29) is 11.6 Å². The molecule has 1 aromatic heterocycles. The normalized spacial score (nSPS) is 28.3. The molecule has 1 aliphatic carbocycles. The van der Waals surface area contributed by atoms with Gasteiger partial charge in [-0.1, -0.05) is 19.9 Å². The Labute approximate surface area is 123 Å². The zero-order valence-corrected chi connectivity index (χ0v) is 13.3. The summed E-state index contributed by atoms with van der Waals surface area (Å²) in [6, 6.07) is 2.47. The third-order valence-corrected chi connectivity index (χ3v) is 4.69. The predicted octanol–water partition coefficient (Wildman–Crippen LogP) is 3.64. The van der Waals surface area contributed by atoms with Gasteiger partial charge in [0.2, 0.25) is 0 Å². The van der Waals surface area contributed by atoms with Gasteiger partial charge < -0.3 is 10.1 Å². The van der Waals surface area contributed by atoms with Crippen LogP contribution in [0.5, 0.6) is 0 Å². The van der Waals surface area contributed by atoms with E-state index in [2.05, 4.69) is 37.1 Å². The standard InChI is InChI=1S/C17H28N2O/c1-5-19-16(15-10-14(3)11-18-12-15)17(20-4)8-6-13(2)7-9-17/h10-13,16,19H,5-9H2,1-4H3. The lowest BCUT2D eigenvalue weighted by Crippen LogP contribution is -2.48. The lowest BCUT2D eigenvalue weighted by molar-refractivity contribution is -0.0758. The molecule has 0 aromatic carbocycles. The van der Waals surface area contributed by atoms with E-state index in [0.717, 1.165) is 25.3 Å². The van der Waals surface area contributed by atoms with Crippen molar-refractivity contribution in [1.82, 2.24) is 10.3 Å². The maximum Gasteiger partial charge on any atom is 0.0873 e. The highest BCUT2D eigenvalue weighted by Crippen LogP contribution is 2.42. The van der Waals surface area contributed by atoms with E-state index in [0.29, 0.717) is 0 Å². The highest BCUT2D eigenvalue weighted by Gasteiger charge is 2.42. The Morgan fingerprint density at radius 2 is 2.10 bits per heavy atom. The van der Waals surface area contributed by atoms with E-state index >= 15 is 0 Å². The van der Waals surface area contributed by atoms with Crippen LogP contribution in [0.2, 0.25) is 0 Å². The maximum absolute atomic E-state index is 6.05. The second kappa shape index (κ2) is 6.68. The van der Waals surface area contributed by atoms with E-state index in [1.165, 1.54) is 24.0 Å². The highest BCUT2D eigenvalue weighted by molar-refractivity contribution is 5.24. The molecule has 1 N–H and O–H groups in total. The molecule has 1 saturated carbocycles. The zero-order valence-electron chi connectivity index (χ0n) is 13.3. The van der Waals surface area contributed by atoms with Crippen LogP contribution in [0.4, 0.5) is 0 Å². The van der Waals surface area contributed by atoms with Crippen molar-refractivity contribution in [3.8, 4) is 0 Å². The molecule has 1 heterocycles. The van der Waals surface area contributed by atoms with Crippen LogP contribution in [0, 0.1) is 12.8 Å². The lowest BCUT2D eigenvalue weighted by atomic mass is 9.73. The molecule has 1 atom stereocenters. The third-order valence-electron chi connectivity index (χ3n) is 4.69. The summed E-state index contributed by atoms with van der Waals surface area (Å²) < 4.78 is 6.05. The van der Waals surface area contributed by atoms with Crippen molar-refractivity contribution in [1.29, 1.82) is 0 Å². The number of nitrogens with zero attached hydrogens (tertiary/aromatic N) is 1. The van der Waals surface area contributed by atoms with Crippen LogP contribution in [0.1, 0.15) is 56.7 Å². The summed E-state index contributed by atoms with van der Waals surface area (Å²) in [4.78, 5) is 4.37. The van der Waals surface area contributed by atoms with Crippen LogP contribution in [-0.4, -0.2) is 24.2 Å². The van der Waals surface area contributed by atoms with E-state index in [1.54, 1.807) is 0 Å². The quantitative estimate of drug-likeness (QED) is 0.891. The Balaban J connectivity index is 2.30. The van der Waals surface area contributed by atoms with E-state index < -0.39 is 0 Å². The largest absolute Gasteiger partial charge is 0.376 e. The number of rotatable bonds is 5. The molecule has 3 heteroatoms. The average Bonchev–Trinajstić information content (AvgIpc) is 2.46. The second-order valence-corrected chi connectivity index (χ2v) is 6.24. The summed E-state index contributed by atoms with van der Waals surface area (Å²) >= 11 is 0. The van der Waals surface area contributed by atoms with Gasteiger partial charge in [-0.15, -0.1) is 0 Å². The number of aryl methyl sites for hydroxylation is 1. The topological polar surface area (TPSA) is 34.2 Å². The minimum atomic E-state index is -0.0853. The van der Waals surface area contributed by atoms with Crippen LogP contribution in [0.15, 0.2) is 18.5 Å². The molecule has 1 aliphatic rings. The second-order valence-electron chi connectivity index (χ2n) is 6.24. The summed E-state index contributed by atoms with van der Waals surface area (Å²) in [5, 5.41) is 3.64. The summed E-state index contributed by atoms with van der Waals surface area (Å²) in [6.07, 6.45) is 8.63. The van der Waals surface area contributed by atoms with Gasteiger partial charge >= 0.3 is 0 Å². The van der Waals surface area contributed by atoms with Gasteiger partial charge in [0.05, 0.1) is 11.6 Å². The first-order valence-corrected chi connectivity index (χ1v) is 7.81. The van der Waals surface area contributed by atoms with Crippen LogP contribution >= 0.6 is 0 Å². The van der Waals surface area contributed by atoms with Crippen molar-refractivity contribution in [3.63, 3.8) is 0 Å². The number of hydrogen-bond donors (Lipinski definition) is 1. The molecule has 1 aromatic rings. The van der Waals surface area contributed by atoms with Crippen LogP contribution < -0.4 is 5.32 Å². The molecular formula is C17H28N2O. The van der Waals surface area contributed by atoms with E-state index in [9.17, 15) is 0 Å². The first-order chi connectivity index (χ1) is 9.61. The molecule has 0 radical (unpaired) electrons. The minimum Gasteiger partial charge on any atom is -0.376 e. The smallest absolute Gasteiger partial charge is 0.0873 e. The summed E-state index contributed by atoms with van der Waals surface area (Å²) in [5.74, 6) is 0.816. The number of aromatic nitrogens is 1. The first-order valence-electron chi connectivity index (χ1n) is 7.81. The summed E-state index contributed by atoms with van der Waals surface area (Å²) in [6.45, 7) is 7.54. The predicted molar refractivity (Wildman–Crippen MR) is 82.8 cm³/mol. The molecular weight excluding hydrogens is 248 g/mol. The van der Waals surface area contributed by atoms with Gasteiger partial charge in [-0.25, -0.2) is 0 Å². The van der Waals surface area contributed by atoms with Crippen molar-refractivity contribution in [2.24, 2.45) is 5.92 Å². The number of likely N-dealkylation sites (N-methyl/N-ethyl adjacent to an activating group) is 1. The molecule has 112 valence electrons. The minimum absolute atomic E-state index is 0.0853. The van der Waals surface area contributed by atoms with Gasteiger partial charge in [-0.3, -0.25) is 4.98 Å². The molecule has 2 rings (SSSR count). The molecule has 20 heavy (non-hydrogen) atoms. The SMILES string of the molecule is CCNC(c1cncc(C)c1)C1(OC)CCC(C)CC1. The molecule has 0 bridgehead atoms. The fraction of sp³-hybridized carbons (Fsp3) is 0.706. The Kier molecular flexibility index (Phi) is 5.17. The molecule has 3 nitrogen and oxygen atoms in total. The summed E-state index contributed by atoms with van der Waals surface area (Å²) in [7, 11) is 1.86. The third kappa shape index (κ3) is 3.21. The van der Waals surface area contributed by atoms with Crippen LogP contribution in [-0.2, 0) is 4.74 Å². The Morgan fingerprint density at radius 3 is 2.65 bits per heavy atom. The number of pyridine rings is 1. The highest BCUT2D eigenvalue weighted by atomic mass is 16.5. The molecule has 0 spiro atoms. The number of methoxy groups -OCH3 is 1. The van der Waals surface area contributed by atoms with Gasteiger partial charge in [0.1, 0.15) is 0 Å². The van der Waals surface area contributed by atoms with Gasteiger partial charge in [0.15, 0.2) is 0 Å². The average molecular weight is 276 g/mol. The molecule has 0 aliphatic heterocycles. The monoisotopic (exact) mass is 276 g/mol. The number of nitrogens with one attached hydrogen (secondary N) is 1. The molecule has 1 fully saturated rings. The van der Waals surface area contributed by atoms with Crippen molar-refractivity contribution in [3.05, 3.63) is 29.6 Å². The van der Waals surface area contributed by atoms with Gasteiger partial charge in [-0.05, 0) is 56.2 Å². The maximum atomic E-state index is 6.05. The van der Waals surface area contributed by atoms with Gasteiger partial charge in [0.25, 0.3) is 0 Å². The molecule has 0 saturated heterocycles. The fourth-order valence-corrected chi connectivity index (χ4v) is 3.41. The van der Waals surface area contributed by atoms with E-state index in [1.807, 2.05) is 19.5 Å². The molecule has 0 amide bonds. The van der Waals surface area contributed by atoms with Gasteiger partial charge in [-0.2, -0.15) is 0 Å². The van der Waals surface area contributed by atoms with Crippen molar-refractivity contribution in [2.45, 2.75) is 58.1 Å². The van der Waals surface area contributed by atoms with E-state index in [4.69, 9.17) is 4.74 Å².